The van der Waals surface area contributed by atoms with Gasteiger partial charge in [0.1, 0.15) is 5.82 Å². The normalized spacial score (nSPS) is 10.7. The van der Waals surface area contributed by atoms with Gasteiger partial charge in [-0.15, -0.1) is 0 Å². The van der Waals surface area contributed by atoms with E-state index in [9.17, 15) is 9.18 Å². The first-order chi connectivity index (χ1) is 7.00. The summed E-state index contributed by atoms with van der Waals surface area (Å²) in [6.07, 6.45) is 1.43. The SMILES string of the molecule is Cc1cc(F)ccc1C(=O)CCC(C)C. The van der Waals surface area contributed by atoms with Gasteiger partial charge in [0.15, 0.2) is 5.78 Å². The van der Waals surface area contributed by atoms with Gasteiger partial charge in [-0.3, -0.25) is 4.79 Å². The Balaban J connectivity index is 2.74. The fraction of sp³-hybridized carbons (Fsp3) is 0.462. The van der Waals surface area contributed by atoms with E-state index >= 15 is 0 Å². The maximum atomic E-state index is 12.8. The molecule has 2 heteroatoms. The second-order valence-corrected chi connectivity index (χ2v) is 4.31. The second-order valence-electron chi connectivity index (χ2n) is 4.31. The highest BCUT2D eigenvalue weighted by Gasteiger charge is 2.10. The number of carbonyl (C=O) groups excluding carboxylic acids is 1. The summed E-state index contributed by atoms with van der Waals surface area (Å²) in [4.78, 5) is 11.8. The Bertz CT molecular complexity index is 356. The molecule has 82 valence electrons. The quantitative estimate of drug-likeness (QED) is 0.689. The molecule has 0 bridgehead atoms. The second kappa shape index (κ2) is 5.06. The lowest BCUT2D eigenvalue weighted by Crippen LogP contribution is -2.03. The molecule has 0 aromatic heterocycles. The smallest absolute Gasteiger partial charge is 0.163 e. The van der Waals surface area contributed by atoms with Gasteiger partial charge in [-0.1, -0.05) is 13.8 Å². The average molecular weight is 208 g/mol. The van der Waals surface area contributed by atoms with Crippen LogP contribution in [-0.2, 0) is 0 Å². The number of halogens is 1. The summed E-state index contributed by atoms with van der Waals surface area (Å²) < 4.78 is 12.8. The molecule has 0 heterocycles. The molecule has 0 aliphatic rings. The maximum absolute atomic E-state index is 12.8. The Hall–Kier alpha value is -1.18. The van der Waals surface area contributed by atoms with Crippen molar-refractivity contribution < 1.29 is 9.18 Å². The topological polar surface area (TPSA) is 17.1 Å². The van der Waals surface area contributed by atoms with Gasteiger partial charge in [0.05, 0.1) is 0 Å². The summed E-state index contributed by atoms with van der Waals surface area (Å²) in [6, 6.07) is 4.32. The zero-order valence-corrected chi connectivity index (χ0v) is 9.51. The zero-order chi connectivity index (χ0) is 11.4. The first-order valence-corrected chi connectivity index (χ1v) is 5.30. The zero-order valence-electron chi connectivity index (χ0n) is 9.51. The summed E-state index contributed by atoms with van der Waals surface area (Å²) in [5.74, 6) is 0.351. The van der Waals surface area contributed by atoms with Gasteiger partial charge in [-0.2, -0.15) is 0 Å². The van der Waals surface area contributed by atoms with Crippen molar-refractivity contribution in [1.29, 1.82) is 0 Å². The summed E-state index contributed by atoms with van der Waals surface area (Å²) in [7, 11) is 0. The highest BCUT2D eigenvalue weighted by Crippen LogP contribution is 2.15. The van der Waals surface area contributed by atoms with Crippen LogP contribution in [0.1, 0.15) is 42.6 Å². The number of Topliss-reactive ketones (excluding diaryl/α,β-unsaturated/α-hetero) is 1. The molecule has 1 aromatic carbocycles. The molecule has 0 saturated carbocycles. The fourth-order valence-corrected chi connectivity index (χ4v) is 1.49. The van der Waals surface area contributed by atoms with Crippen LogP contribution in [0.2, 0.25) is 0 Å². The van der Waals surface area contributed by atoms with Gasteiger partial charge >= 0.3 is 0 Å². The Kier molecular flexibility index (Phi) is 4.01. The van der Waals surface area contributed by atoms with Crippen LogP contribution in [-0.4, -0.2) is 5.78 Å². The minimum absolute atomic E-state index is 0.112. The molecular formula is C13H17FO. The molecule has 0 spiro atoms. The molecule has 0 aliphatic carbocycles. The molecular weight excluding hydrogens is 191 g/mol. The third-order valence-electron chi connectivity index (χ3n) is 2.44. The van der Waals surface area contributed by atoms with Crippen LogP contribution < -0.4 is 0 Å². The van der Waals surface area contributed by atoms with E-state index in [-0.39, 0.29) is 11.6 Å². The van der Waals surface area contributed by atoms with E-state index in [0.717, 1.165) is 12.0 Å². The average Bonchev–Trinajstić information content (AvgIpc) is 2.14. The molecule has 0 atom stereocenters. The van der Waals surface area contributed by atoms with Crippen LogP contribution >= 0.6 is 0 Å². The van der Waals surface area contributed by atoms with E-state index in [4.69, 9.17) is 0 Å². The molecule has 1 nitrogen and oxygen atoms in total. The lowest BCUT2D eigenvalue weighted by atomic mass is 9.98. The number of hydrogen-bond acceptors (Lipinski definition) is 1. The van der Waals surface area contributed by atoms with E-state index in [0.29, 0.717) is 17.9 Å². The molecule has 1 rings (SSSR count). The van der Waals surface area contributed by atoms with Crippen molar-refractivity contribution in [3.8, 4) is 0 Å². The lowest BCUT2D eigenvalue weighted by Gasteiger charge is -2.06. The summed E-state index contributed by atoms with van der Waals surface area (Å²) in [5, 5.41) is 0. The summed E-state index contributed by atoms with van der Waals surface area (Å²) >= 11 is 0. The number of rotatable bonds is 4. The van der Waals surface area contributed by atoms with Crippen LogP contribution in [0.5, 0.6) is 0 Å². The third-order valence-corrected chi connectivity index (χ3v) is 2.44. The lowest BCUT2D eigenvalue weighted by molar-refractivity contribution is 0.0975. The Morgan fingerprint density at radius 3 is 2.60 bits per heavy atom. The Morgan fingerprint density at radius 1 is 1.40 bits per heavy atom. The number of aryl methyl sites for hydroxylation is 1. The Labute approximate surface area is 90.3 Å². The number of ketones is 1. The summed E-state index contributed by atoms with van der Waals surface area (Å²) in [5.41, 5.74) is 1.38. The van der Waals surface area contributed by atoms with Crippen molar-refractivity contribution in [3.05, 3.63) is 35.1 Å². The predicted octanol–water partition coefficient (Wildman–Crippen LogP) is 3.75. The molecule has 0 unspecified atom stereocenters. The molecule has 0 saturated heterocycles. The summed E-state index contributed by atoms with van der Waals surface area (Å²) in [6.45, 7) is 5.95. The predicted molar refractivity (Wildman–Crippen MR) is 59.5 cm³/mol. The van der Waals surface area contributed by atoms with E-state index < -0.39 is 0 Å². The highest BCUT2D eigenvalue weighted by atomic mass is 19.1. The van der Waals surface area contributed by atoms with Crippen molar-refractivity contribution in [3.63, 3.8) is 0 Å². The van der Waals surface area contributed by atoms with Gasteiger partial charge in [-0.05, 0) is 43.0 Å². The Morgan fingerprint density at radius 2 is 2.07 bits per heavy atom. The molecule has 0 aliphatic heterocycles. The van der Waals surface area contributed by atoms with Gasteiger partial charge in [-0.25, -0.2) is 4.39 Å². The largest absolute Gasteiger partial charge is 0.294 e. The van der Waals surface area contributed by atoms with Crippen molar-refractivity contribution in [2.75, 3.05) is 0 Å². The van der Waals surface area contributed by atoms with Crippen molar-refractivity contribution in [2.24, 2.45) is 5.92 Å². The van der Waals surface area contributed by atoms with Crippen LogP contribution in [0, 0.1) is 18.7 Å². The van der Waals surface area contributed by atoms with E-state index in [1.807, 2.05) is 0 Å². The van der Waals surface area contributed by atoms with E-state index in [1.54, 1.807) is 13.0 Å². The highest BCUT2D eigenvalue weighted by molar-refractivity contribution is 5.97. The van der Waals surface area contributed by atoms with E-state index in [1.165, 1.54) is 12.1 Å². The number of carbonyl (C=O) groups is 1. The van der Waals surface area contributed by atoms with Crippen LogP contribution in [0.4, 0.5) is 4.39 Å². The van der Waals surface area contributed by atoms with Gasteiger partial charge in [0, 0.05) is 12.0 Å². The van der Waals surface area contributed by atoms with Gasteiger partial charge in [0.25, 0.3) is 0 Å². The van der Waals surface area contributed by atoms with Gasteiger partial charge < -0.3 is 0 Å². The molecule has 0 N–H and O–H groups in total. The number of hydrogen-bond donors (Lipinski definition) is 0. The molecule has 0 amide bonds. The van der Waals surface area contributed by atoms with E-state index in [2.05, 4.69) is 13.8 Å². The maximum Gasteiger partial charge on any atom is 0.163 e. The molecule has 0 fully saturated rings. The standard InChI is InChI=1S/C13H17FO/c1-9(2)4-7-13(15)12-6-5-11(14)8-10(12)3/h5-6,8-9H,4,7H2,1-3H3. The monoisotopic (exact) mass is 208 g/mol. The number of benzene rings is 1. The minimum atomic E-state index is -0.284. The van der Waals surface area contributed by atoms with Crippen LogP contribution in [0.25, 0.3) is 0 Å². The first-order valence-electron chi connectivity index (χ1n) is 5.30. The van der Waals surface area contributed by atoms with Crippen molar-refractivity contribution in [2.45, 2.75) is 33.6 Å². The fourth-order valence-electron chi connectivity index (χ4n) is 1.49. The van der Waals surface area contributed by atoms with Crippen molar-refractivity contribution in [1.82, 2.24) is 0 Å². The molecule has 1 aromatic rings. The van der Waals surface area contributed by atoms with Crippen LogP contribution in [0.15, 0.2) is 18.2 Å². The minimum Gasteiger partial charge on any atom is -0.294 e. The molecule has 15 heavy (non-hydrogen) atoms. The van der Waals surface area contributed by atoms with Crippen molar-refractivity contribution >= 4 is 5.78 Å². The third kappa shape index (κ3) is 3.46. The molecule has 0 radical (unpaired) electrons. The first kappa shape index (κ1) is 11.9. The van der Waals surface area contributed by atoms with Gasteiger partial charge in [0.2, 0.25) is 0 Å². The van der Waals surface area contributed by atoms with Crippen LogP contribution in [0.3, 0.4) is 0 Å².